The summed E-state index contributed by atoms with van der Waals surface area (Å²) in [6.45, 7) is -0.747. The van der Waals surface area contributed by atoms with Gasteiger partial charge in [-0.1, -0.05) is 6.42 Å². The van der Waals surface area contributed by atoms with Crippen molar-refractivity contribution < 1.29 is 27.6 Å². The van der Waals surface area contributed by atoms with Gasteiger partial charge in [0.1, 0.15) is 5.41 Å². The second-order valence-electron chi connectivity index (χ2n) is 4.52. The molecule has 1 aliphatic carbocycles. The lowest BCUT2D eigenvalue weighted by atomic mass is 9.66. The van der Waals surface area contributed by atoms with Crippen molar-refractivity contribution in [3.63, 3.8) is 0 Å². The van der Waals surface area contributed by atoms with Gasteiger partial charge < -0.3 is 0 Å². The fraction of sp³-hybridized carbons (Fsp3) is 0.700. The number of barbiturate groups is 1. The van der Waals surface area contributed by atoms with Crippen molar-refractivity contribution >= 4 is 17.8 Å². The Morgan fingerprint density at radius 1 is 1.22 bits per heavy atom. The van der Waals surface area contributed by atoms with Gasteiger partial charge in [-0.15, -0.1) is 0 Å². The summed E-state index contributed by atoms with van der Waals surface area (Å²) in [5, 5.41) is 1.95. The van der Waals surface area contributed by atoms with Crippen LogP contribution in [0.5, 0.6) is 0 Å². The van der Waals surface area contributed by atoms with Crippen LogP contribution in [0.2, 0.25) is 0 Å². The van der Waals surface area contributed by atoms with Crippen LogP contribution in [-0.4, -0.2) is 35.5 Å². The smallest absolute Gasteiger partial charge is 0.277 e. The zero-order valence-electron chi connectivity index (χ0n) is 9.34. The molecule has 1 heterocycles. The van der Waals surface area contributed by atoms with Crippen molar-refractivity contribution in [1.82, 2.24) is 10.2 Å². The monoisotopic (exact) mass is 264 g/mol. The lowest BCUT2D eigenvalue weighted by Crippen LogP contribution is -2.66. The van der Waals surface area contributed by atoms with E-state index in [1.54, 1.807) is 0 Å². The van der Waals surface area contributed by atoms with Gasteiger partial charge >= 0.3 is 12.2 Å². The number of urea groups is 1. The summed E-state index contributed by atoms with van der Waals surface area (Å²) in [4.78, 5) is 35.4. The van der Waals surface area contributed by atoms with Crippen LogP contribution in [0.4, 0.5) is 18.0 Å². The second-order valence-corrected chi connectivity index (χ2v) is 4.52. The molecule has 0 radical (unpaired) electrons. The Labute approximate surface area is 100 Å². The molecule has 0 unspecified atom stereocenters. The maximum atomic E-state index is 12.1. The van der Waals surface area contributed by atoms with Crippen molar-refractivity contribution in [1.29, 1.82) is 0 Å². The zero-order chi connectivity index (χ0) is 13.6. The fourth-order valence-electron chi connectivity index (χ4n) is 2.14. The van der Waals surface area contributed by atoms with Crippen LogP contribution < -0.4 is 5.32 Å². The zero-order valence-corrected chi connectivity index (χ0v) is 9.34. The first-order chi connectivity index (χ1) is 8.26. The highest BCUT2D eigenvalue weighted by Gasteiger charge is 2.57. The highest BCUT2D eigenvalue weighted by molar-refractivity contribution is 6.19. The number of rotatable bonds is 2. The van der Waals surface area contributed by atoms with Crippen molar-refractivity contribution in [2.75, 3.05) is 6.54 Å². The summed E-state index contributed by atoms with van der Waals surface area (Å²) in [6, 6.07) is -1.06. The van der Waals surface area contributed by atoms with E-state index in [1.807, 2.05) is 5.32 Å². The van der Waals surface area contributed by atoms with Crippen LogP contribution in [0.25, 0.3) is 0 Å². The minimum atomic E-state index is -4.45. The normalized spacial score (nSPS) is 23.1. The molecule has 1 saturated carbocycles. The number of amides is 4. The van der Waals surface area contributed by atoms with E-state index in [0.717, 1.165) is 0 Å². The molecule has 18 heavy (non-hydrogen) atoms. The van der Waals surface area contributed by atoms with Gasteiger partial charge in [-0.25, -0.2) is 4.79 Å². The van der Waals surface area contributed by atoms with Gasteiger partial charge in [0.25, 0.3) is 0 Å². The number of carbonyl (C=O) groups is 3. The standard InChI is InChI=1S/C10H11F3N2O3/c11-10(12,13)4-5-15-7(17)9(2-1-3-9)6(16)14-8(15)18/h1-5H2,(H,14,16,18). The van der Waals surface area contributed by atoms with Gasteiger partial charge in [-0.2, -0.15) is 13.2 Å². The molecule has 0 atom stereocenters. The third-order valence-electron chi connectivity index (χ3n) is 3.38. The van der Waals surface area contributed by atoms with Crippen LogP contribution in [0, 0.1) is 5.41 Å². The summed E-state index contributed by atoms with van der Waals surface area (Å²) in [5.41, 5.74) is -1.31. The summed E-state index contributed by atoms with van der Waals surface area (Å²) in [7, 11) is 0. The highest BCUT2D eigenvalue weighted by Crippen LogP contribution is 2.44. The Bertz CT molecular complexity index is 415. The Morgan fingerprint density at radius 2 is 1.83 bits per heavy atom. The molecule has 0 aromatic rings. The Kier molecular flexibility index (Phi) is 2.83. The first-order valence-corrected chi connectivity index (χ1v) is 5.50. The highest BCUT2D eigenvalue weighted by atomic mass is 19.4. The van der Waals surface area contributed by atoms with Crippen molar-refractivity contribution in [3.05, 3.63) is 0 Å². The molecule has 1 N–H and O–H groups in total. The molecular weight excluding hydrogens is 253 g/mol. The van der Waals surface area contributed by atoms with Gasteiger partial charge in [-0.3, -0.25) is 19.8 Å². The average molecular weight is 264 g/mol. The Balaban J connectivity index is 2.12. The topological polar surface area (TPSA) is 66.5 Å². The number of carbonyl (C=O) groups excluding carboxylic acids is 3. The number of hydrogen-bond acceptors (Lipinski definition) is 3. The van der Waals surface area contributed by atoms with E-state index in [1.165, 1.54) is 0 Å². The summed E-state index contributed by atoms with van der Waals surface area (Å²) >= 11 is 0. The Morgan fingerprint density at radius 3 is 2.28 bits per heavy atom. The largest absolute Gasteiger partial charge is 0.390 e. The molecule has 0 aromatic heterocycles. The van der Waals surface area contributed by atoms with Crippen molar-refractivity contribution in [2.45, 2.75) is 31.9 Å². The third-order valence-corrected chi connectivity index (χ3v) is 3.38. The van der Waals surface area contributed by atoms with Crippen LogP contribution in [0.1, 0.15) is 25.7 Å². The number of hydrogen-bond donors (Lipinski definition) is 1. The van der Waals surface area contributed by atoms with E-state index in [4.69, 9.17) is 0 Å². The lowest BCUT2D eigenvalue weighted by molar-refractivity contribution is -0.161. The van der Waals surface area contributed by atoms with Crippen LogP contribution in [0.15, 0.2) is 0 Å². The number of alkyl halides is 3. The Hall–Kier alpha value is -1.60. The van der Waals surface area contributed by atoms with Gasteiger partial charge in [0, 0.05) is 6.54 Å². The molecule has 100 valence electrons. The average Bonchev–Trinajstić information content (AvgIpc) is 2.12. The molecule has 4 amide bonds. The predicted molar refractivity (Wildman–Crippen MR) is 52.2 cm³/mol. The molecule has 2 rings (SSSR count). The summed E-state index contributed by atoms with van der Waals surface area (Å²) < 4.78 is 36.3. The minimum Gasteiger partial charge on any atom is -0.277 e. The molecule has 2 aliphatic rings. The van der Waals surface area contributed by atoms with E-state index in [9.17, 15) is 27.6 Å². The van der Waals surface area contributed by atoms with Gasteiger partial charge in [0.05, 0.1) is 6.42 Å². The number of halogens is 3. The van der Waals surface area contributed by atoms with Gasteiger partial charge in [0.15, 0.2) is 0 Å². The molecule has 2 fully saturated rings. The van der Waals surface area contributed by atoms with Gasteiger partial charge in [0.2, 0.25) is 11.8 Å². The molecule has 0 aromatic carbocycles. The second kappa shape index (κ2) is 3.96. The van der Waals surface area contributed by atoms with Crippen molar-refractivity contribution in [3.8, 4) is 0 Å². The number of nitrogens with one attached hydrogen (secondary N) is 1. The van der Waals surface area contributed by atoms with E-state index >= 15 is 0 Å². The molecule has 1 aliphatic heterocycles. The molecule has 1 saturated heterocycles. The quantitative estimate of drug-likeness (QED) is 0.762. The number of imide groups is 2. The van der Waals surface area contributed by atoms with E-state index in [2.05, 4.69) is 0 Å². The first-order valence-electron chi connectivity index (χ1n) is 5.50. The third kappa shape index (κ3) is 1.95. The maximum Gasteiger partial charge on any atom is 0.390 e. The van der Waals surface area contributed by atoms with Gasteiger partial charge in [-0.05, 0) is 12.8 Å². The summed E-state index contributed by atoms with van der Waals surface area (Å²) in [5.74, 6) is -1.49. The van der Waals surface area contributed by atoms with E-state index in [-0.39, 0.29) is 12.8 Å². The molecule has 1 spiro atoms. The van der Waals surface area contributed by atoms with Crippen LogP contribution in [0.3, 0.4) is 0 Å². The van der Waals surface area contributed by atoms with E-state index in [0.29, 0.717) is 11.3 Å². The SMILES string of the molecule is O=C1NC(=O)C2(CCC2)C(=O)N1CCC(F)(F)F. The first kappa shape index (κ1) is 12.8. The predicted octanol–water partition coefficient (Wildman–Crippen LogP) is 1.19. The van der Waals surface area contributed by atoms with Crippen LogP contribution in [-0.2, 0) is 9.59 Å². The lowest BCUT2D eigenvalue weighted by Gasteiger charge is -2.44. The molecular formula is C10H11F3N2O3. The number of nitrogens with zero attached hydrogens (tertiary/aromatic N) is 1. The molecule has 5 nitrogen and oxygen atoms in total. The maximum absolute atomic E-state index is 12.1. The molecule has 0 bridgehead atoms. The molecule has 8 heteroatoms. The van der Waals surface area contributed by atoms with Crippen LogP contribution >= 0.6 is 0 Å². The summed E-state index contributed by atoms with van der Waals surface area (Å²) in [6.07, 6.45) is -4.49. The fourth-order valence-corrected chi connectivity index (χ4v) is 2.14. The minimum absolute atomic E-state index is 0.285. The van der Waals surface area contributed by atoms with Crippen molar-refractivity contribution in [2.24, 2.45) is 5.41 Å². The van der Waals surface area contributed by atoms with E-state index < -0.39 is 42.4 Å².